The number of esters is 1. The van der Waals surface area contributed by atoms with Gasteiger partial charge in [-0.3, -0.25) is 14.4 Å². The molecule has 1 saturated heterocycles. The van der Waals surface area contributed by atoms with Crippen LogP contribution in [0, 0.1) is 5.92 Å². The monoisotopic (exact) mass is 296 g/mol. The van der Waals surface area contributed by atoms with Gasteiger partial charge in [-0.2, -0.15) is 0 Å². The highest BCUT2D eigenvalue weighted by atomic mass is 16.5. The van der Waals surface area contributed by atoms with E-state index in [1.165, 1.54) is 7.11 Å². The Bertz CT molecular complexity index is 418. The number of hydrogen-bond donors (Lipinski definition) is 0. The average Bonchev–Trinajstić information content (AvgIpc) is 3.12. The van der Waals surface area contributed by atoms with E-state index in [0.29, 0.717) is 13.1 Å². The van der Waals surface area contributed by atoms with Crippen LogP contribution in [0.15, 0.2) is 0 Å². The molecule has 2 fully saturated rings. The van der Waals surface area contributed by atoms with Gasteiger partial charge in [0.2, 0.25) is 11.8 Å². The molecule has 0 aromatic heterocycles. The molecule has 1 unspecified atom stereocenters. The number of amides is 2. The molecule has 1 aliphatic carbocycles. The van der Waals surface area contributed by atoms with E-state index in [-0.39, 0.29) is 36.7 Å². The molecule has 118 valence electrons. The molecule has 0 aromatic carbocycles. The highest BCUT2D eigenvalue weighted by Crippen LogP contribution is 2.27. The van der Waals surface area contributed by atoms with Crippen LogP contribution in [0.2, 0.25) is 0 Å². The maximum atomic E-state index is 12.7. The Morgan fingerprint density at radius 3 is 2.52 bits per heavy atom. The first-order chi connectivity index (χ1) is 10.1. The Balaban J connectivity index is 2.06. The van der Waals surface area contributed by atoms with E-state index in [2.05, 4.69) is 0 Å². The lowest BCUT2D eigenvalue weighted by molar-refractivity contribution is -0.150. The van der Waals surface area contributed by atoms with E-state index in [4.69, 9.17) is 4.74 Å². The first-order valence-electron chi connectivity index (χ1n) is 7.71. The third-order valence-electron chi connectivity index (χ3n) is 4.52. The molecule has 0 N–H and O–H groups in total. The van der Waals surface area contributed by atoms with Gasteiger partial charge in [0.15, 0.2) is 0 Å². The van der Waals surface area contributed by atoms with Crippen molar-refractivity contribution in [3.63, 3.8) is 0 Å². The Kier molecular flexibility index (Phi) is 5.20. The number of hydrogen-bond acceptors (Lipinski definition) is 4. The SMILES string of the molecule is CCN1CC(C(=O)N(CC(=O)OC)C2CCCC2)CC1=O. The smallest absolute Gasteiger partial charge is 0.325 e. The van der Waals surface area contributed by atoms with Gasteiger partial charge in [-0.15, -0.1) is 0 Å². The fourth-order valence-corrected chi connectivity index (χ4v) is 3.28. The first-order valence-corrected chi connectivity index (χ1v) is 7.71. The molecule has 2 amide bonds. The zero-order valence-corrected chi connectivity index (χ0v) is 12.8. The van der Waals surface area contributed by atoms with Crippen molar-refractivity contribution in [2.45, 2.75) is 45.1 Å². The van der Waals surface area contributed by atoms with Crippen molar-refractivity contribution in [1.29, 1.82) is 0 Å². The van der Waals surface area contributed by atoms with Gasteiger partial charge in [0.25, 0.3) is 0 Å². The van der Waals surface area contributed by atoms with Crippen LogP contribution < -0.4 is 0 Å². The summed E-state index contributed by atoms with van der Waals surface area (Å²) in [6, 6.07) is 0.113. The summed E-state index contributed by atoms with van der Waals surface area (Å²) in [5, 5.41) is 0. The van der Waals surface area contributed by atoms with Crippen molar-refractivity contribution in [2.24, 2.45) is 5.92 Å². The van der Waals surface area contributed by atoms with Gasteiger partial charge in [0.05, 0.1) is 13.0 Å². The molecule has 1 heterocycles. The summed E-state index contributed by atoms with van der Waals surface area (Å²) in [5.41, 5.74) is 0. The van der Waals surface area contributed by atoms with E-state index in [1.807, 2.05) is 6.92 Å². The molecule has 2 aliphatic rings. The molecule has 0 bridgehead atoms. The Morgan fingerprint density at radius 1 is 1.33 bits per heavy atom. The summed E-state index contributed by atoms with van der Waals surface area (Å²) in [6.45, 7) is 3.01. The lowest BCUT2D eigenvalue weighted by Crippen LogP contribution is -2.46. The zero-order chi connectivity index (χ0) is 15.4. The van der Waals surface area contributed by atoms with Crippen molar-refractivity contribution in [1.82, 2.24) is 9.80 Å². The molecule has 0 radical (unpaired) electrons. The predicted molar refractivity (Wildman–Crippen MR) is 76.3 cm³/mol. The van der Waals surface area contributed by atoms with Gasteiger partial charge in [-0.1, -0.05) is 12.8 Å². The molecular weight excluding hydrogens is 272 g/mol. The molecule has 21 heavy (non-hydrogen) atoms. The van der Waals surface area contributed by atoms with Crippen LogP contribution in [0.1, 0.15) is 39.0 Å². The van der Waals surface area contributed by atoms with Crippen LogP contribution in [0.3, 0.4) is 0 Å². The normalized spacial score (nSPS) is 22.7. The van der Waals surface area contributed by atoms with Crippen LogP contribution in [-0.2, 0) is 19.1 Å². The fourth-order valence-electron chi connectivity index (χ4n) is 3.28. The van der Waals surface area contributed by atoms with Crippen LogP contribution in [0.5, 0.6) is 0 Å². The lowest BCUT2D eigenvalue weighted by atomic mass is 10.0. The van der Waals surface area contributed by atoms with E-state index < -0.39 is 5.97 Å². The Labute approximate surface area is 125 Å². The van der Waals surface area contributed by atoms with Gasteiger partial charge < -0.3 is 14.5 Å². The number of likely N-dealkylation sites (tertiary alicyclic amines) is 1. The molecule has 6 heteroatoms. The second-order valence-corrected chi connectivity index (χ2v) is 5.81. The van der Waals surface area contributed by atoms with Crippen molar-refractivity contribution in [2.75, 3.05) is 26.7 Å². The van der Waals surface area contributed by atoms with Gasteiger partial charge in [-0.05, 0) is 19.8 Å². The van der Waals surface area contributed by atoms with Crippen molar-refractivity contribution >= 4 is 17.8 Å². The highest BCUT2D eigenvalue weighted by molar-refractivity contribution is 5.91. The minimum absolute atomic E-state index is 0.00316. The molecule has 0 spiro atoms. The van der Waals surface area contributed by atoms with E-state index in [9.17, 15) is 14.4 Å². The molecule has 1 atom stereocenters. The topological polar surface area (TPSA) is 66.9 Å². The van der Waals surface area contributed by atoms with Gasteiger partial charge >= 0.3 is 5.97 Å². The second kappa shape index (κ2) is 6.91. The van der Waals surface area contributed by atoms with Gasteiger partial charge in [0, 0.05) is 25.6 Å². The quantitative estimate of drug-likeness (QED) is 0.704. The number of rotatable bonds is 5. The van der Waals surface area contributed by atoms with Crippen molar-refractivity contribution < 1.29 is 19.1 Å². The molecule has 1 saturated carbocycles. The van der Waals surface area contributed by atoms with Crippen molar-refractivity contribution in [3.05, 3.63) is 0 Å². The number of ether oxygens (including phenoxy) is 1. The Hall–Kier alpha value is -1.59. The molecule has 6 nitrogen and oxygen atoms in total. The number of methoxy groups -OCH3 is 1. The Morgan fingerprint density at radius 2 is 2.00 bits per heavy atom. The maximum absolute atomic E-state index is 12.7. The minimum Gasteiger partial charge on any atom is -0.468 e. The summed E-state index contributed by atoms with van der Waals surface area (Å²) in [7, 11) is 1.33. The largest absolute Gasteiger partial charge is 0.468 e. The summed E-state index contributed by atoms with van der Waals surface area (Å²) >= 11 is 0. The third-order valence-corrected chi connectivity index (χ3v) is 4.52. The fraction of sp³-hybridized carbons (Fsp3) is 0.800. The second-order valence-electron chi connectivity index (χ2n) is 5.81. The number of nitrogens with zero attached hydrogens (tertiary/aromatic N) is 2. The minimum atomic E-state index is -0.396. The zero-order valence-electron chi connectivity index (χ0n) is 12.8. The number of carbonyl (C=O) groups excluding carboxylic acids is 3. The molecule has 2 rings (SSSR count). The highest BCUT2D eigenvalue weighted by Gasteiger charge is 2.39. The van der Waals surface area contributed by atoms with Gasteiger partial charge in [-0.25, -0.2) is 0 Å². The van der Waals surface area contributed by atoms with Crippen LogP contribution in [0.25, 0.3) is 0 Å². The third kappa shape index (κ3) is 3.54. The summed E-state index contributed by atoms with van der Waals surface area (Å²) in [6.07, 6.45) is 4.29. The number of carbonyl (C=O) groups is 3. The predicted octanol–water partition coefficient (Wildman–Crippen LogP) is 0.799. The molecule has 1 aliphatic heterocycles. The molecule has 0 aromatic rings. The van der Waals surface area contributed by atoms with Crippen LogP contribution in [0.4, 0.5) is 0 Å². The van der Waals surface area contributed by atoms with Crippen LogP contribution >= 0.6 is 0 Å². The summed E-state index contributed by atoms with van der Waals surface area (Å²) in [4.78, 5) is 39.5. The van der Waals surface area contributed by atoms with Gasteiger partial charge in [0.1, 0.15) is 6.54 Å². The van der Waals surface area contributed by atoms with E-state index in [0.717, 1.165) is 25.7 Å². The summed E-state index contributed by atoms with van der Waals surface area (Å²) < 4.78 is 4.71. The van der Waals surface area contributed by atoms with E-state index in [1.54, 1.807) is 9.80 Å². The van der Waals surface area contributed by atoms with Crippen molar-refractivity contribution in [3.8, 4) is 0 Å². The van der Waals surface area contributed by atoms with E-state index >= 15 is 0 Å². The average molecular weight is 296 g/mol. The van der Waals surface area contributed by atoms with Crippen LogP contribution in [-0.4, -0.2) is 60.4 Å². The molecular formula is C15H24N2O4. The maximum Gasteiger partial charge on any atom is 0.325 e. The summed E-state index contributed by atoms with van der Waals surface area (Å²) in [5.74, 6) is -0.758. The first kappa shape index (κ1) is 15.8. The lowest BCUT2D eigenvalue weighted by Gasteiger charge is -2.30. The standard InChI is InChI=1S/C15H24N2O4/c1-3-16-9-11(8-13(16)18)15(20)17(10-14(19)21-2)12-6-4-5-7-12/h11-12H,3-10H2,1-2H3.